The average Bonchev–Trinajstić information content (AvgIpc) is 2.89. The van der Waals surface area contributed by atoms with Gasteiger partial charge in [0.05, 0.1) is 11.8 Å². The third-order valence-electron chi connectivity index (χ3n) is 3.58. The Balaban J connectivity index is 2.58. The molecule has 6 nitrogen and oxygen atoms in total. The molecule has 0 spiro atoms. The molecule has 120 valence electrons. The van der Waals surface area contributed by atoms with E-state index in [0.717, 1.165) is 18.4 Å². The number of hydrogen-bond donors (Lipinski definition) is 1. The third kappa shape index (κ3) is 3.14. The Kier molecular flexibility index (Phi) is 4.30. The van der Waals surface area contributed by atoms with E-state index in [1.807, 2.05) is 0 Å². The Morgan fingerprint density at radius 3 is 2.59 bits per heavy atom. The zero-order valence-corrected chi connectivity index (χ0v) is 12.8. The summed E-state index contributed by atoms with van der Waals surface area (Å²) in [6, 6.07) is 2.58. The second kappa shape index (κ2) is 5.73. The number of nitrogens with zero attached hydrogens (tertiary/aromatic N) is 3. The van der Waals surface area contributed by atoms with Crippen LogP contribution < -0.4 is 0 Å². The average molecular weight is 331 g/mol. The van der Waals surface area contributed by atoms with Crippen molar-refractivity contribution in [3.63, 3.8) is 0 Å². The molecule has 0 unspecified atom stereocenters. The highest BCUT2D eigenvalue weighted by Gasteiger charge is 2.44. The summed E-state index contributed by atoms with van der Waals surface area (Å²) in [6.07, 6.45) is 3.40. The smallest absolute Gasteiger partial charge is 0.153 e. The molecular weight excluding hydrogens is 316 g/mol. The van der Waals surface area contributed by atoms with Gasteiger partial charge in [0.1, 0.15) is 29.9 Å². The first-order chi connectivity index (χ1) is 10.1. The minimum absolute atomic E-state index is 0.317. The maximum absolute atomic E-state index is 14.1. The molecule has 2 rings (SSSR count). The summed E-state index contributed by atoms with van der Waals surface area (Å²) in [5, 5.41) is 13.3. The lowest BCUT2D eigenvalue weighted by Crippen LogP contribution is -2.46. The van der Waals surface area contributed by atoms with E-state index in [-0.39, 0.29) is 12.1 Å². The van der Waals surface area contributed by atoms with Crippen LogP contribution in [0.1, 0.15) is 12.5 Å². The van der Waals surface area contributed by atoms with Crippen molar-refractivity contribution in [3.8, 4) is 0 Å². The third-order valence-corrected chi connectivity index (χ3v) is 5.26. The maximum atomic E-state index is 14.1. The van der Waals surface area contributed by atoms with Crippen LogP contribution in [-0.4, -0.2) is 39.8 Å². The minimum atomic E-state index is -3.71. The van der Waals surface area contributed by atoms with Crippen LogP contribution in [0, 0.1) is 11.6 Å². The second-order valence-corrected chi connectivity index (χ2v) is 7.48. The predicted molar refractivity (Wildman–Crippen MR) is 74.6 cm³/mol. The highest BCUT2D eigenvalue weighted by atomic mass is 32.2. The fourth-order valence-electron chi connectivity index (χ4n) is 2.19. The Bertz CT molecular complexity index is 765. The van der Waals surface area contributed by atoms with Crippen LogP contribution in [-0.2, 0) is 22.0 Å². The monoisotopic (exact) mass is 331 g/mol. The van der Waals surface area contributed by atoms with Gasteiger partial charge in [-0.3, -0.25) is 0 Å². The first kappa shape index (κ1) is 16.5. The minimum Gasteiger partial charge on any atom is -0.382 e. The van der Waals surface area contributed by atoms with E-state index in [1.165, 1.54) is 24.3 Å². The summed E-state index contributed by atoms with van der Waals surface area (Å²) in [7, 11) is -3.71. The van der Waals surface area contributed by atoms with Crippen LogP contribution in [0.5, 0.6) is 0 Å². The van der Waals surface area contributed by atoms with Gasteiger partial charge in [0.2, 0.25) is 0 Å². The van der Waals surface area contributed by atoms with E-state index < -0.39 is 32.3 Å². The van der Waals surface area contributed by atoms with Gasteiger partial charge in [0, 0.05) is 17.9 Å². The molecule has 0 radical (unpaired) electrons. The number of benzene rings is 1. The molecule has 0 saturated heterocycles. The molecule has 0 amide bonds. The summed E-state index contributed by atoms with van der Waals surface area (Å²) in [4.78, 5) is 3.70. The zero-order chi connectivity index (χ0) is 16.5. The van der Waals surface area contributed by atoms with Crippen molar-refractivity contribution in [1.29, 1.82) is 0 Å². The van der Waals surface area contributed by atoms with E-state index in [2.05, 4.69) is 10.1 Å². The molecule has 1 N–H and O–H groups in total. The van der Waals surface area contributed by atoms with Crippen molar-refractivity contribution < 1.29 is 22.3 Å². The SMILES string of the molecule is C[C@H]([C@@](O)(Cn1cncn1)c1ccc(F)cc1F)S(C)(=O)=O. The van der Waals surface area contributed by atoms with Gasteiger partial charge < -0.3 is 5.11 Å². The Morgan fingerprint density at radius 1 is 1.41 bits per heavy atom. The molecule has 0 bridgehead atoms. The molecule has 9 heteroatoms. The van der Waals surface area contributed by atoms with E-state index in [1.54, 1.807) is 0 Å². The lowest BCUT2D eigenvalue weighted by molar-refractivity contribution is 0.0111. The van der Waals surface area contributed by atoms with Crippen LogP contribution in [0.15, 0.2) is 30.9 Å². The van der Waals surface area contributed by atoms with Crippen molar-refractivity contribution >= 4 is 9.84 Å². The van der Waals surface area contributed by atoms with Gasteiger partial charge in [0.25, 0.3) is 0 Å². The fourth-order valence-corrected chi connectivity index (χ4v) is 3.10. The van der Waals surface area contributed by atoms with Crippen LogP contribution in [0.4, 0.5) is 8.78 Å². The number of aromatic nitrogens is 3. The second-order valence-electron chi connectivity index (χ2n) is 5.11. The molecule has 2 atom stereocenters. The topological polar surface area (TPSA) is 85.1 Å². The molecule has 2 aromatic rings. The Hall–Kier alpha value is -1.87. The van der Waals surface area contributed by atoms with E-state index >= 15 is 0 Å². The molecule has 0 aliphatic rings. The Labute approximate surface area is 126 Å². The molecule has 22 heavy (non-hydrogen) atoms. The Morgan fingerprint density at radius 2 is 2.09 bits per heavy atom. The quantitative estimate of drug-likeness (QED) is 0.879. The maximum Gasteiger partial charge on any atom is 0.153 e. The van der Waals surface area contributed by atoms with E-state index in [9.17, 15) is 22.3 Å². The molecule has 1 aromatic carbocycles. The number of hydrogen-bond acceptors (Lipinski definition) is 5. The summed E-state index contributed by atoms with van der Waals surface area (Å²) >= 11 is 0. The highest BCUT2D eigenvalue weighted by molar-refractivity contribution is 7.91. The fraction of sp³-hybridized carbons (Fsp3) is 0.385. The van der Waals surface area contributed by atoms with Crippen molar-refractivity contribution in [2.24, 2.45) is 0 Å². The van der Waals surface area contributed by atoms with Crippen LogP contribution in [0.2, 0.25) is 0 Å². The first-order valence-electron chi connectivity index (χ1n) is 6.34. The number of halogens is 2. The molecule has 1 aromatic heterocycles. The van der Waals surface area contributed by atoms with Crippen LogP contribution in [0.3, 0.4) is 0 Å². The van der Waals surface area contributed by atoms with Crippen molar-refractivity contribution in [2.45, 2.75) is 24.3 Å². The molecular formula is C13H15F2N3O3S. The van der Waals surface area contributed by atoms with Gasteiger partial charge in [-0.05, 0) is 13.0 Å². The van der Waals surface area contributed by atoms with Crippen molar-refractivity contribution in [3.05, 3.63) is 48.1 Å². The normalized spacial score (nSPS) is 16.2. The zero-order valence-electron chi connectivity index (χ0n) is 11.9. The molecule has 0 saturated carbocycles. The van der Waals surface area contributed by atoms with Crippen LogP contribution >= 0.6 is 0 Å². The number of rotatable bonds is 5. The molecule has 0 fully saturated rings. The number of aliphatic hydroxyl groups is 1. The van der Waals surface area contributed by atoms with Gasteiger partial charge in [-0.15, -0.1) is 0 Å². The van der Waals surface area contributed by atoms with E-state index in [4.69, 9.17) is 0 Å². The standard InChI is InChI=1S/C13H15F2N3O3S/c1-9(22(2,20)21)13(19,6-18-8-16-7-17-18)11-4-3-10(14)5-12(11)15/h3-5,7-9,19H,6H2,1-2H3/t9-,13+/m1/s1. The molecule has 0 aliphatic heterocycles. The summed E-state index contributed by atoms with van der Waals surface area (Å²) < 4.78 is 52.1. The van der Waals surface area contributed by atoms with Crippen molar-refractivity contribution in [2.75, 3.05) is 6.26 Å². The molecule has 1 heterocycles. The van der Waals surface area contributed by atoms with Gasteiger partial charge >= 0.3 is 0 Å². The largest absolute Gasteiger partial charge is 0.382 e. The summed E-state index contributed by atoms with van der Waals surface area (Å²) in [6.45, 7) is 0.916. The highest BCUT2D eigenvalue weighted by Crippen LogP contribution is 2.33. The van der Waals surface area contributed by atoms with E-state index in [0.29, 0.717) is 6.07 Å². The first-order valence-corrected chi connectivity index (χ1v) is 8.29. The van der Waals surface area contributed by atoms with Gasteiger partial charge in [-0.25, -0.2) is 26.9 Å². The summed E-state index contributed by atoms with van der Waals surface area (Å²) in [5.41, 5.74) is -2.44. The number of sulfone groups is 1. The molecule has 0 aliphatic carbocycles. The van der Waals surface area contributed by atoms with Crippen LogP contribution in [0.25, 0.3) is 0 Å². The predicted octanol–water partition coefficient (Wildman–Crippen LogP) is 0.877. The van der Waals surface area contributed by atoms with Gasteiger partial charge in [-0.1, -0.05) is 6.07 Å². The lowest BCUT2D eigenvalue weighted by atomic mass is 9.90. The van der Waals surface area contributed by atoms with Crippen molar-refractivity contribution in [1.82, 2.24) is 14.8 Å². The lowest BCUT2D eigenvalue weighted by Gasteiger charge is -2.33. The van der Waals surface area contributed by atoms with Gasteiger partial charge in [-0.2, -0.15) is 5.10 Å². The van der Waals surface area contributed by atoms with Gasteiger partial charge in [0.15, 0.2) is 9.84 Å². The summed E-state index contributed by atoms with van der Waals surface area (Å²) in [5.74, 6) is -1.85.